The van der Waals surface area contributed by atoms with Gasteiger partial charge in [0.1, 0.15) is 22.1 Å². The molecule has 2 rings (SSSR count). The van der Waals surface area contributed by atoms with Gasteiger partial charge in [-0.15, -0.1) is 0 Å². The standard InChI is InChI=1S/C16H17F2NO5S/c1-10-8-12(24-16(17)18)4-6-13(10)19-25(20,21)15-9-11(22-2)5-7-14(15)23-3/h4-9,16,19H,1-3H3. The fourth-order valence-electron chi connectivity index (χ4n) is 2.12. The zero-order valence-corrected chi connectivity index (χ0v) is 14.6. The fraction of sp³-hybridized carbons (Fsp3) is 0.250. The van der Waals surface area contributed by atoms with Crippen molar-refractivity contribution in [1.82, 2.24) is 0 Å². The van der Waals surface area contributed by atoms with Gasteiger partial charge in [0.2, 0.25) is 0 Å². The van der Waals surface area contributed by atoms with Crippen LogP contribution in [0, 0.1) is 6.92 Å². The lowest BCUT2D eigenvalue weighted by molar-refractivity contribution is -0.0498. The highest BCUT2D eigenvalue weighted by Gasteiger charge is 2.21. The Morgan fingerprint density at radius 1 is 1.00 bits per heavy atom. The summed E-state index contributed by atoms with van der Waals surface area (Å²) in [5, 5.41) is 0. The van der Waals surface area contributed by atoms with Crippen LogP contribution in [-0.4, -0.2) is 29.2 Å². The van der Waals surface area contributed by atoms with Gasteiger partial charge in [0.15, 0.2) is 0 Å². The Labute approximate surface area is 144 Å². The highest BCUT2D eigenvalue weighted by molar-refractivity contribution is 7.92. The van der Waals surface area contributed by atoms with Crippen LogP contribution in [0.5, 0.6) is 17.2 Å². The van der Waals surface area contributed by atoms with Gasteiger partial charge in [-0.25, -0.2) is 8.42 Å². The van der Waals surface area contributed by atoms with Crippen LogP contribution in [-0.2, 0) is 10.0 Å². The quantitative estimate of drug-likeness (QED) is 0.805. The maximum atomic E-state index is 12.7. The Kier molecular flexibility index (Phi) is 5.68. The van der Waals surface area contributed by atoms with E-state index in [1.807, 2.05) is 0 Å². The Morgan fingerprint density at radius 3 is 2.24 bits per heavy atom. The zero-order chi connectivity index (χ0) is 18.6. The Balaban J connectivity index is 2.36. The minimum atomic E-state index is -3.99. The number of rotatable bonds is 7. The van der Waals surface area contributed by atoms with Gasteiger partial charge in [0.05, 0.1) is 19.9 Å². The van der Waals surface area contributed by atoms with Crippen molar-refractivity contribution in [2.45, 2.75) is 18.4 Å². The number of hydrogen-bond donors (Lipinski definition) is 1. The summed E-state index contributed by atoms with van der Waals surface area (Å²) in [7, 11) is -1.23. The summed E-state index contributed by atoms with van der Waals surface area (Å²) in [6, 6.07) is 8.27. The van der Waals surface area contributed by atoms with Crippen molar-refractivity contribution in [2.24, 2.45) is 0 Å². The zero-order valence-electron chi connectivity index (χ0n) is 13.7. The van der Waals surface area contributed by atoms with Crippen molar-refractivity contribution < 1.29 is 31.4 Å². The SMILES string of the molecule is COc1ccc(OC)c(S(=O)(=O)Nc2ccc(OC(F)F)cc2C)c1. The van der Waals surface area contributed by atoms with Crippen molar-refractivity contribution in [3.8, 4) is 17.2 Å². The van der Waals surface area contributed by atoms with Crippen molar-refractivity contribution >= 4 is 15.7 Å². The number of anilines is 1. The van der Waals surface area contributed by atoms with E-state index in [-0.39, 0.29) is 22.1 Å². The summed E-state index contributed by atoms with van der Waals surface area (Å²) in [5.74, 6) is 0.427. The second kappa shape index (κ2) is 7.56. The molecule has 0 aliphatic carbocycles. The number of aryl methyl sites for hydroxylation is 1. The number of benzene rings is 2. The van der Waals surface area contributed by atoms with Gasteiger partial charge in [0.25, 0.3) is 10.0 Å². The van der Waals surface area contributed by atoms with E-state index in [4.69, 9.17) is 9.47 Å². The molecule has 0 aromatic heterocycles. The molecule has 0 atom stereocenters. The van der Waals surface area contributed by atoms with Crippen molar-refractivity contribution in [3.63, 3.8) is 0 Å². The van der Waals surface area contributed by atoms with Crippen molar-refractivity contribution in [1.29, 1.82) is 0 Å². The van der Waals surface area contributed by atoms with Crippen LogP contribution < -0.4 is 18.9 Å². The van der Waals surface area contributed by atoms with Gasteiger partial charge in [-0.3, -0.25) is 4.72 Å². The van der Waals surface area contributed by atoms with E-state index >= 15 is 0 Å². The van der Waals surface area contributed by atoms with Gasteiger partial charge in [-0.1, -0.05) is 0 Å². The van der Waals surface area contributed by atoms with Crippen molar-refractivity contribution in [2.75, 3.05) is 18.9 Å². The number of alkyl halides is 2. The largest absolute Gasteiger partial charge is 0.497 e. The number of hydrogen-bond acceptors (Lipinski definition) is 5. The van der Waals surface area contributed by atoms with Crippen LogP contribution in [0.15, 0.2) is 41.3 Å². The molecule has 0 fully saturated rings. The average Bonchev–Trinajstić information content (AvgIpc) is 2.56. The van der Waals surface area contributed by atoms with Gasteiger partial charge >= 0.3 is 6.61 Å². The van der Waals surface area contributed by atoms with Gasteiger partial charge in [0, 0.05) is 6.07 Å². The van der Waals surface area contributed by atoms with E-state index in [0.717, 1.165) is 0 Å². The maximum Gasteiger partial charge on any atom is 0.387 e. The first-order valence-corrected chi connectivity index (χ1v) is 8.55. The molecule has 9 heteroatoms. The third-order valence-electron chi connectivity index (χ3n) is 3.33. The van der Waals surface area contributed by atoms with Gasteiger partial charge in [-0.05, 0) is 42.8 Å². The topological polar surface area (TPSA) is 73.9 Å². The molecule has 6 nitrogen and oxygen atoms in total. The second-order valence-corrected chi connectivity index (χ2v) is 6.63. The maximum absolute atomic E-state index is 12.7. The first kappa shape index (κ1) is 18.8. The summed E-state index contributed by atoms with van der Waals surface area (Å²) in [6.07, 6.45) is 0. The number of methoxy groups -OCH3 is 2. The van der Waals surface area contributed by atoms with E-state index in [0.29, 0.717) is 11.3 Å². The summed E-state index contributed by atoms with van der Waals surface area (Å²) >= 11 is 0. The molecule has 1 N–H and O–H groups in total. The molecular formula is C16H17F2NO5S. The van der Waals surface area contributed by atoms with Gasteiger partial charge in [-0.2, -0.15) is 8.78 Å². The molecule has 0 aliphatic heterocycles. The molecule has 0 bridgehead atoms. The molecule has 2 aromatic carbocycles. The predicted molar refractivity (Wildman–Crippen MR) is 88.2 cm³/mol. The van der Waals surface area contributed by atoms with E-state index in [2.05, 4.69) is 9.46 Å². The molecule has 0 saturated heterocycles. The molecule has 0 aliphatic rings. The highest BCUT2D eigenvalue weighted by Crippen LogP contribution is 2.31. The summed E-state index contributed by atoms with van der Waals surface area (Å²) in [5.41, 5.74) is 0.648. The summed E-state index contributed by atoms with van der Waals surface area (Å²) in [6.45, 7) is -1.39. The first-order chi connectivity index (χ1) is 11.8. The minimum absolute atomic E-state index is 0.0607. The fourth-order valence-corrected chi connectivity index (χ4v) is 3.44. The Bertz CT molecular complexity index is 856. The molecule has 2 aromatic rings. The molecule has 0 amide bonds. The molecule has 136 valence electrons. The third kappa shape index (κ3) is 4.50. The molecule has 0 saturated carbocycles. The lowest BCUT2D eigenvalue weighted by Crippen LogP contribution is -2.15. The first-order valence-electron chi connectivity index (χ1n) is 7.07. The van der Waals surface area contributed by atoms with Crippen LogP contribution in [0.25, 0.3) is 0 Å². The minimum Gasteiger partial charge on any atom is -0.497 e. The van der Waals surface area contributed by atoms with E-state index in [1.54, 1.807) is 13.0 Å². The third-order valence-corrected chi connectivity index (χ3v) is 4.71. The number of sulfonamides is 1. The average molecular weight is 373 g/mol. The Morgan fingerprint density at radius 2 is 1.68 bits per heavy atom. The van der Waals surface area contributed by atoms with E-state index in [9.17, 15) is 17.2 Å². The Hall–Kier alpha value is -2.55. The van der Waals surface area contributed by atoms with Crippen LogP contribution in [0.2, 0.25) is 0 Å². The van der Waals surface area contributed by atoms with Crippen LogP contribution in [0.3, 0.4) is 0 Å². The molecule has 0 heterocycles. The number of nitrogens with one attached hydrogen (secondary N) is 1. The molecule has 25 heavy (non-hydrogen) atoms. The van der Waals surface area contributed by atoms with Crippen LogP contribution >= 0.6 is 0 Å². The molecule has 0 radical (unpaired) electrons. The van der Waals surface area contributed by atoms with E-state index < -0.39 is 16.6 Å². The number of ether oxygens (including phenoxy) is 3. The molecular weight excluding hydrogens is 356 g/mol. The van der Waals surface area contributed by atoms with Gasteiger partial charge < -0.3 is 14.2 Å². The highest BCUT2D eigenvalue weighted by atomic mass is 32.2. The van der Waals surface area contributed by atoms with Crippen molar-refractivity contribution in [3.05, 3.63) is 42.0 Å². The second-order valence-electron chi connectivity index (χ2n) is 4.98. The summed E-state index contributed by atoms with van der Waals surface area (Å²) in [4.78, 5) is -0.110. The lowest BCUT2D eigenvalue weighted by atomic mass is 10.2. The number of halogens is 2. The molecule has 0 unspecified atom stereocenters. The predicted octanol–water partition coefficient (Wildman–Crippen LogP) is 3.41. The normalized spacial score (nSPS) is 11.3. The smallest absolute Gasteiger partial charge is 0.387 e. The van der Waals surface area contributed by atoms with E-state index in [1.165, 1.54) is 44.6 Å². The summed E-state index contributed by atoms with van der Waals surface area (Å²) < 4.78 is 66.6. The molecule has 0 spiro atoms. The monoisotopic (exact) mass is 373 g/mol. The van der Waals surface area contributed by atoms with Crippen LogP contribution in [0.4, 0.5) is 14.5 Å². The lowest BCUT2D eigenvalue weighted by Gasteiger charge is -2.15. The van der Waals surface area contributed by atoms with Crippen LogP contribution in [0.1, 0.15) is 5.56 Å².